The zero-order chi connectivity index (χ0) is 17.3. The largest absolute Gasteiger partial charge is 0.465 e. The van der Waals surface area contributed by atoms with E-state index in [0.29, 0.717) is 23.3 Å². The molecular weight excluding hydrogens is 309 g/mol. The average Bonchev–Trinajstić information content (AvgIpc) is 2.54. The minimum atomic E-state index is -0.743. The van der Waals surface area contributed by atoms with E-state index in [0.717, 1.165) is 18.5 Å². The van der Waals surface area contributed by atoms with Gasteiger partial charge in [-0.2, -0.15) is 0 Å². The summed E-state index contributed by atoms with van der Waals surface area (Å²) in [6, 6.07) is 6.05. The van der Waals surface area contributed by atoms with Gasteiger partial charge in [0.05, 0.1) is 6.61 Å². The van der Waals surface area contributed by atoms with Crippen molar-refractivity contribution in [2.75, 3.05) is 6.61 Å². The average molecular weight is 329 g/mol. The van der Waals surface area contributed by atoms with Gasteiger partial charge < -0.3 is 10.1 Å². The van der Waals surface area contributed by atoms with Crippen LogP contribution in [0.3, 0.4) is 0 Å². The number of allylic oxidation sites excluding steroid dienone is 2. The van der Waals surface area contributed by atoms with Gasteiger partial charge in [-0.05, 0) is 37.5 Å². The number of carbonyl (C=O) groups is 2. The summed E-state index contributed by atoms with van der Waals surface area (Å²) in [5.74, 6) is -2.15. The molecule has 4 nitrogen and oxygen atoms in total. The molecule has 0 bridgehead atoms. The maximum absolute atomic E-state index is 13.8. The molecule has 1 aromatic rings. The maximum Gasteiger partial charge on any atom is 0.315 e. The van der Waals surface area contributed by atoms with E-state index >= 15 is 0 Å². The lowest BCUT2D eigenvalue weighted by atomic mass is 9.71. The van der Waals surface area contributed by atoms with Crippen molar-refractivity contribution < 1.29 is 18.7 Å². The molecule has 1 aromatic carbocycles. The van der Waals surface area contributed by atoms with E-state index in [1.165, 1.54) is 12.1 Å². The summed E-state index contributed by atoms with van der Waals surface area (Å²) in [5.41, 5.74) is 2.46. The lowest BCUT2D eigenvalue weighted by Crippen LogP contribution is -2.41. The molecule has 5 heteroatoms. The van der Waals surface area contributed by atoms with E-state index in [9.17, 15) is 14.0 Å². The normalized spacial score (nSPS) is 23.6. The van der Waals surface area contributed by atoms with Gasteiger partial charge in [-0.15, -0.1) is 0 Å². The van der Waals surface area contributed by atoms with Crippen LogP contribution in [0, 0.1) is 11.7 Å². The standard InChI is InChI=1S/C19H20FNO3/c1-3-24-19(23)16-11(2)21-14-8-5-9-15(22)18(14)17(16)12-6-4-7-13(20)10-12/h4,6-7,10,16-17,21H,2-3,5,8-9H2,1H3. The van der Waals surface area contributed by atoms with Crippen LogP contribution in [-0.4, -0.2) is 18.4 Å². The number of carbonyl (C=O) groups excluding carboxylic acids is 2. The van der Waals surface area contributed by atoms with E-state index < -0.39 is 23.6 Å². The van der Waals surface area contributed by atoms with E-state index in [2.05, 4.69) is 11.9 Å². The summed E-state index contributed by atoms with van der Waals surface area (Å²) in [6.07, 6.45) is 1.92. The van der Waals surface area contributed by atoms with Crippen molar-refractivity contribution in [3.05, 3.63) is 59.2 Å². The topological polar surface area (TPSA) is 55.4 Å². The number of nitrogens with one attached hydrogen (secondary N) is 1. The van der Waals surface area contributed by atoms with Gasteiger partial charge in [-0.25, -0.2) is 4.39 Å². The second kappa shape index (κ2) is 6.59. The van der Waals surface area contributed by atoms with E-state index in [1.807, 2.05) is 0 Å². The van der Waals surface area contributed by atoms with Crippen LogP contribution >= 0.6 is 0 Å². The molecule has 0 spiro atoms. The molecule has 3 rings (SSSR count). The fourth-order valence-electron chi connectivity index (χ4n) is 3.56. The molecule has 2 atom stereocenters. The Morgan fingerprint density at radius 2 is 2.21 bits per heavy atom. The monoisotopic (exact) mass is 329 g/mol. The Balaban J connectivity index is 2.15. The molecule has 1 heterocycles. The quantitative estimate of drug-likeness (QED) is 0.865. The molecule has 0 saturated carbocycles. The van der Waals surface area contributed by atoms with Crippen LogP contribution in [0.2, 0.25) is 0 Å². The van der Waals surface area contributed by atoms with Gasteiger partial charge in [0, 0.05) is 29.3 Å². The van der Waals surface area contributed by atoms with Crippen molar-refractivity contribution in [3.8, 4) is 0 Å². The molecule has 0 saturated heterocycles. The Hall–Kier alpha value is -2.43. The minimum absolute atomic E-state index is 0.000176. The summed E-state index contributed by atoms with van der Waals surface area (Å²) >= 11 is 0. The van der Waals surface area contributed by atoms with Crippen LogP contribution in [0.25, 0.3) is 0 Å². The third-order valence-corrected chi connectivity index (χ3v) is 4.54. The first-order chi connectivity index (χ1) is 11.5. The molecule has 0 aromatic heterocycles. The number of esters is 1. The molecular formula is C19H20FNO3. The lowest BCUT2D eigenvalue weighted by molar-refractivity contribution is -0.147. The van der Waals surface area contributed by atoms with Crippen molar-refractivity contribution in [2.24, 2.45) is 5.92 Å². The van der Waals surface area contributed by atoms with Crippen LogP contribution in [0.15, 0.2) is 47.8 Å². The summed E-state index contributed by atoms with van der Waals surface area (Å²) in [5, 5.41) is 3.12. The van der Waals surface area contributed by atoms with Gasteiger partial charge >= 0.3 is 5.97 Å². The van der Waals surface area contributed by atoms with E-state index in [-0.39, 0.29) is 12.4 Å². The van der Waals surface area contributed by atoms with Crippen molar-refractivity contribution in [1.29, 1.82) is 0 Å². The van der Waals surface area contributed by atoms with E-state index in [1.54, 1.807) is 19.1 Å². The fraction of sp³-hybridized carbons (Fsp3) is 0.368. The number of ether oxygens (including phenoxy) is 1. The number of hydrogen-bond acceptors (Lipinski definition) is 4. The molecule has 2 unspecified atom stereocenters. The molecule has 1 N–H and O–H groups in total. The van der Waals surface area contributed by atoms with Gasteiger partial charge in [0.25, 0.3) is 0 Å². The third kappa shape index (κ3) is 2.86. The molecule has 1 aliphatic carbocycles. The van der Waals surface area contributed by atoms with Crippen molar-refractivity contribution in [2.45, 2.75) is 32.1 Å². The summed E-state index contributed by atoms with van der Waals surface area (Å²) < 4.78 is 18.9. The number of halogens is 1. The second-order valence-corrected chi connectivity index (χ2v) is 6.08. The molecule has 0 radical (unpaired) electrons. The number of benzene rings is 1. The number of ketones is 1. The van der Waals surface area contributed by atoms with Gasteiger partial charge in [0.15, 0.2) is 5.78 Å². The highest BCUT2D eigenvalue weighted by atomic mass is 19.1. The highest BCUT2D eigenvalue weighted by molar-refractivity contribution is 6.00. The van der Waals surface area contributed by atoms with Gasteiger partial charge in [-0.3, -0.25) is 9.59 Å². The summed E-state index contributed by atoms with van der Waals surface area (Å²) in [6.45, 7) is 5.92. The number of Topliss-reactive ketones (excluding diaryl/α,β-unsaturated/α-hetero) is 1. The highest BCUT2D eigenvalue weighted by Gasteiger charge is 2.43. The predicted molar refractivity (Wildman–Crippen MR) is 87.4 cm³/mol. The zero-order valence-electron chi connectivity index (χ0n) is 13.6. The van der Waals surface area contributed by atoms with Crippen molar-refractivity contribution in [1.82, 2.24) is 5.32 Å². The number of rotatable bonds is 3. The predicted octanol–water partition coefficient (Wildman–Crippen LogP) is 3.21. The first kappa shape index (κ1) is 16.4. The maximum atomic E-state index is 13.8. The molecule has 2 aliphatic rings. The first-order valence-electron chi connectivity index (χ1n) is 8.17. The van der Waals surface area contributed by atoms with Crippen LogP contribution in [0.4, 0.5) is 4.39 Å². The Kier molecular flexibility index (Phi) is 4.51. The number of hydrogen-bond donors (Lipinski definition) is 1. The lowest BCUT2D eigenvalue weighted by Gasteiger charge is -2.38. The first-order valence-corrected chi connectivity index (χ1v) is 8.17. The van der Waals surface area contributed by atoms with Gasteiger partial charge in [0.1, 0.15) is 11.7 Å². The molecule has 126 valence electrons. The SMILES string of the molecule is C=C1NC2=C(C(=O)CCC2)C(c2cccc(F)c2)C1C(=O)OCC. The zero-order valence-corrected chi connectivity index (χ0v) is 13.6. The second-order valence-electron chi connectivity index (χ2n) is 6.08. The highest BCUT2D eigenvalue weighted by Crippen LogP contribution is 2.44. The molecule has 1 aliphatic heterocycles. The smallest absolute Gasteiger partial charge is 0.315 e. The van der Waals surface area contributed by atoms with E-state index in [4.69, 9.17) is 4.74 Å². The van der Waals surface area contributed by atoms with Crippen LogP contribution in [0.1, 0.15) is 37.7 Å². The Labute approximate surface area is 140 Å². The van der Waals surface area contributed by atoms with Crippen LogP contribution in [-0.2, 0) is 14.3 Å². The van der Waals surface area contributed by atoms with Gasteiger partial charge in [0.2, 0.25) is 0 Å². The summed E-state index contributed by atoms with van der Waals surface area (Å²) in [7, 11) is 0. The molecule has 0 amide bonds. The summed E-state index contributed by atoms with van der Waals surface area (Å²) in [4.78, 5) is 25.1. The van der Waals surface area contributed by atoms with Gasteiger partial charge in [-0.1, -0.05) is 18.7 Å². The molecule has 0 fully saturated rings. The Bertz CT molecular complexity index is 738. The van der Waals surface area contributed by atoms with Crippen LogP contribution < -0.4 is 5.32 Å². The Morgan fingerprint density at radius 3 is 2.92 bits per heavy atom. The Morgan fingerprint density at radius 1 is 1.42 bits per heavy atom. The minimum Gasteiger partial charge on any atom is -0.465 e. The van der Waals surface area contributed by atoms with Crippen molar-refractivity contribution >= 4 is 11.8 Å². The van der Waals surface area contributed by atoms with Crippen LogP contribution in [0.5, 0.6) is 0 Å². The third-order valence-electron chi connectivity index (χ3n) is 4.54. The fourth-order valence-corrected chi connectivity index (χ4v) is 3.56. The van der Waals surface area contributed by atoms with Crippen molar-refractivity contribution in [3.63, 3.8) is 0 Å². The molecule has 24 heavy (non-hydrogen) atoms.